The molecule has 2 aromatic carbocycles. The number of aromatic amines is 1. The van der Waals surface area contributed by atoms with Crippen LogP contribution in [0, 0.1) is 5.92 Å². The van der Waals surface area contributed by atoms with Crippen LogP contribution in [0.3, 0.4) is 0 Å². The molecule has 2 amide bonds. The normalized spacial score (nSPS) is 22.5. The molecule has 2 saturated heterocycles. The third-order valence-electron chi connectivity index (χ3n) is 8.09. The van der Waals surface area contributed by atoms with Crippen LogP contribution in [0.1, 0.15) is 51.2 Å². The van der Waals surface area contributed by atoms with Gasteiger partial charge in [0.25, 0.3) is 11.8 Å². The molecule has 12 heteroatoms. The molecule has 1 spiro atoms. The molecule has 10 nitrogen and oxygen atoms in total. The Balaban J connectivity index is 1.03. The molecular formula is C29H27Cl2N5O5. The second-order valence-corrected chi connectivity index (χ2v) is 11.5. The van der Waals surface area contributed by atoms with E-state index in [-0.39, 0.29) is 51.2 Å². The second-order valence-electron chi connectivity index (χ2n) is 10.7. The molecule has 6 rings (SSSR count). The van der Waals surface area contributed by atoms with Gasteiger partial charge >= 0.3 is 5.97 Å². The molecule has 0 radical (unpaired) electrons. The maximum atomic E-state index is 13.0. The van der Waals surface area contributed by atoms with Gasteiger partial charge in [0.2, 0.25) is 0 Å². The van der Waals surface area contributed by atoms with E-state index in [0.29, 0.717) is 38.9 Å². The average molecular weight is 596 g/mol. The molecule has 2 aliphatic heterocycles. The molecule has 3 aromatic rings. The van der Waals surface area contributed by atoms with Crippen molar-refractivity contribution in [3.8, 4) is 0 Å². The van der Waals surface area contributed by atoms with Gasteiger partial charge in [0.15, 0.2) is 17.1 Å². The number of ketones is 1. The van der Waals surface area contributed by atoms with Crippen molar-refractivity contribution in [1.82, 2.24) is 20.4 Å². The molecule has 41 heavy (non-hydrogen) atoms. The highest BCUT2D eigenvalue weighted by atomic mass is 35.5. The largest absolute Gasteiger partial charge is 0.446 e. The van der Waals surface area contributed by atoms with Gasteiger partial charge in [0, 0.05) is 50.3 Å². The second kappa shape index (κ2) is 10.9. The minimum atomic E-state index is -1.15. The van der Waals surface area contributed by atoms with Gasteiger partial charge in [-0.2, -0.15) is 5.10 Å². The number of amides is 2. The van der Waals surface area contributed by atoms with Crippen LogP contribution in [-0.4, -0.2) is 64.3 Å². The molecule has 3 aliphatic rings. The number of ether oxygens (including phenoxy) is 1. The van der Waals surface area contributed by atoms with E-state index in [2.05, 4.69) is 25.7 Å². The standard InChI is InChI=1S/C29H27Cl2N5O5/c30-20-6-3-7-21(31)24(20)26(38)34-22-14-32-35-25(22)27(39)33-18-8-10-36(11-9-18)15-17-13-29(41-28(17)40)19-5-2-1-4-16(19)12-23(29)37/h1-7,14,17-18H,8-13,15H2,(H,32,35)(H,33,39)(H,34,38). The predicted octanol–water partition coefficient (Wildman–Crippen LogP) is 3.75. The van der Waals surface area contributed by atoms with Crippen LogP contribution < -0.4 is 10.6 Å². The molecule has 2 unspecified atom stereocenters. The van der Waals surface area contributed by atoms with Gasteiger partial charge in [-0.05, 0) is 30.5 Å². The van der Waals surface area contributed by atoms with Crippen LogP contribution in [-0.2, 0) is 26.3 Å². The van der Waals surface area contributed by atoms with Crippen molar-refractivity contribution in [3.63, 3.8) is 0 Å². The summed E-state index contributed by atoms with van der Waals surface area (Å²) in [6, 6.07) is 12.2. The number of likely N-dealkylation sites (tertiary alicyclic amines) is 1. The Kier molecular flexibility index (Phi) is 7.31. The number of piperidine rings is 1. The highest BCUT2D eigenvalue weighted by Gasteiger charge is 2.57. The number of fused-ring (bicyclic) bond motifs is 2. The van der Waals surface area contributed by atoms with E-state index in [9.17, 15) is 19.2 Å². The molecule has 2 fully saturated rings. The van der Waals surface area contributed by atoms with Crippen molar-refractivity contribution in [2.75, 3.05) is 25.0 Å². The monoisotopic (exact) mass is 595 g/mol. The van der Waals surface area contributed by atoms with Crippen LogP contribution in [0.2, 0.25) is 10.0 Å². The van der Waals surface area contributed by atoms with Crippen molar-refractivity contribution in [3.05, 3.63) is 81.1 Å². The van der Waals surface area contributed by atoms with Gasteiger partial charge in [-0.1, -0.05) is 53.5 Å². The van der Waals surface area contributed by atoms with Crippen molar-refractivity contribution in [2.45, 2.75) is 37.3 Å². The molecule has 1 aliphatic carbocycles. The number of hydrogen-bond acceptors (Lipinski definition) is 7. The number of H-pyrrole nitrogens is 1. The van der Waals surface area contributed by atoms with E-state index in [1.165, 1.54) is 6.20 Å². The first-order valence-corrected chi connectivity index (χ1v) is 14.2. The van der Waals surface area contributed by atoms with E-state index < -0.39 is 23.3 Å². The van der Waals surface area contributed by atoms with E-state index in [1.807, 2.05) is 24.3 Å². The summed E-state index contributed by atoms with van der Waals surface area (Å²) in [7, 11) is 0. The van der Waals surface area contributed by atoms with Gasteiger partial charge in [-0.3, -0.25) is 24.3 Å². The Bertz CT molecular complexity index is 1530. The van der Waals surface area contributed by atoms with E-state index in [4.69, 9.17) is 27.9 Å². The Morgan fingerprint density at radius 2 is 1.78 bits per heavy atom. The fourth-order valence-electron chi connectivity index (χ4n) is 6.02. The van der Waals surface area contributed by atoms with Gasteiger partial charge in [-0.25, -0.2) is 0 Å². The summed E-state index contributed by atoms with van der Waals surface area (Å²) in [5, 5.41) is 12.7. The van der Waals surface area contributed by atoms with Crippen molar-refractivity contribution in [1.29, 1.82) is 0 Å². The molecule has 1 aromatic heterocycles. The number of hydrogen-bond donors (Lipinski definition) is 3. The number of anilines is 1. The molecule has 0 bridgehead atoms. The summed E-state index contributed by atoms with van der Waals surface area (Å²) < 4.78 is 5.77. The lowest BCUT2D eigenvalue weighted by molar-refractivity contribution is -0.158. The maximum Gasteiger partial charge on any atom is 0.311 e. The number of nitrogens with one attached hydrogen (secondary N) is 3. The van der Waals surface area contributed by atoms with Gasteiger partial charge in [0.1, 0.15) is 0 Å². The van der Waals surface area contributed by atoms with Crippen molar-refractivity contribution < 1.29 is 23.9 Å². The quantitative estimate of drug-likeness (QED) is 0.369. The lowest BCUT2D eigenvalue weighted by atomic mass is 9.87. The molecule has 212 valence electrons. The van der Waals surface area contributed by atoms with Crippen LogP contribution in [0.25, 0.3) is 0 Å². The number of Topliss-reactive ketones (excluding diaryl/α,β-unsaturated/α-hetero) is 1. The third-order valence-corrected chi connectivity index (χ3v) is 8.72. The first-order valence-electron chi connectivity index (χ1n) is 13.4. The smallest absolute Gasteiger partial charge is 0.311 e. The Hall–Kier alpha value is -3.73. The number of nitrogens with zero attached hydrogens (tertiary/aromatic N) is 2. The topological polar surface area (TPSA) is 133 Å². The first kappa shape index (κ1) is 27.4. The average Bonchev–Trinajstić information content (AvgIpc) is 3.61. The summed E-state index contributed by atoms with van der Waals surface area (Å²) >= 11 is 12.3. The summed E-state index contributed by atoms with van der Waals surface area (Å²) in [5.41, 5.74) is 0.941. The third kappa shape index (κ3) is 5.11. The fraction of sp³-hybridized carbons (Fsp3) is 0.345. The molecule has 3 heterocycles. The number of benzene rings is 2. The van der Waals surface area contributed by atoms with Crippen LogP contribution in [0.15, 0.2) is 48.7 Å². The van der Waals surface area contributed by atoms with Gasteiger partial charge in [0.05, 0.1) is 27.2 Å². The minimum absolute atomic E-state index is 0.0458. The number of halogens is 2. The zero-order valence-electron chi connectivity index (χ0n) is 21.9. The zero-order chi connectivity index (χ0) is 28.7. The predicted molar refractivity (Wildman–Crippen MR) is 151 cm³/mol. The highest BCUT2D eigenvalue weighted by Crippen LogP contribution is 2.47. The number of rotatable bonds is 6. The molecule has 0 saturated carbocycles. The van der Waals surface area contributed by atoms with Crippen LogP contribution in [0.4, 0.5) is 5.69 Å². The van der Waals surface area contributed by atoms with E-state index in [0.717, 1.165) is 11.1 Å². The summed E-state index contributed by atoms with van der Waals surface area (Å²) in [4.78, 5) is 53.7. The van der Waals surface area contributed by atoms with E-state index >= 15 is 0 Å². The SMILES string of the molecule is O=C(NC1CCN(CC2CC3(OC2=O)C(=O)Cc2ccccc23)CC1)c1n[nH]cc1NC(=O)c1c(Cl)cccc1Cl. The minimum Gasteiger partial charge on any atom is -0.446 e. The van der Waals surface area contributed by atoms with Gasteiger partial charge < -0.3 is 20.3 Å². The Morgan fingerprint density at radius 1 is 1.05 bits per heavy atom. The van der Waals surface area contributed by atoms with Crippen LogP contribution in [0.5, 0.6) is 0 Å². The number of esters is 1. The summed E-state index contributed by atoms with van der Waals surface area (Å²) in [5.74, 6) is -1.76. The fourth-order valence-corrected chi connectivity index (χ4v) is 6.59. The number of carbonyl (C=O) groups is 4. The molecule has 2 atom stereocenters. The Morgan fingerprint density at radius 3 is 2.54 bits per heavy atom. The zero-order valence-corrected chi connectivity index (χ0v) is 23.4. The number of aromatic nitrogens is 2. The lowest BCUT2D eigenvalue weighted by Crippen LogP contribution is -2.46. The number of carbonyl (C=O) groups excluding carboxylic acids is 4. The lowest BCUT2D eigenvalue weighted by Gasteiger charge is -2.33. The molecular weight excluding hydrogens is 569 g/mol. The summed E-state index contributed by atoms with van der Waals surface area (Å²) in [6.07, 6.45) is 3.40. The van der Waals surface area contributed by atoms with Crippen molar-refractivity contribution >= 4 is 52.5 Å². The summed E-state index contributed by atoms with van der Waals surface area (Å²) in [6.45, 7) is 1.83. The maximum absolute atomic E-state index is 13.0. The first-order chi connectivity index (χ1) is 19.7. The van der Waals surface area contributed by atoms with Gasteiger partial charge in [-0.15, -0.1) is 0 Å². The van der Waals surface area contributed by atoms with E-state index in [1.54, 1.807) is 18.2 Å². The van der Waals surface area contributed by atoms with Crippen molar-refractivity contribution in [2.24, 2.45) is 5.92 Å². The van der Waals surface area contributed by atoms with Crippen LogP contribution >= 0.6 is 23.2 Å². The Labute approximate surface area is 245 Å². The highest BCUT2D eigenvalue weighted by molar-refractivity contribution is 6.40. The molecule has 3 N–H and O–H groups in total.